The molecule has 0 radical (unpaired) electrons. The van der Waals surface area contributed by atoms with Crippen LogP contribution in [0.2, 0.25) is 0 Å². The maximum atomic E-state index is 12.9. The number of rotatable bonds is 7. The predicted octanol–water partition coefficient (Wildman–Crippen LogP) is 5.74. The van der Waals surface area contributed by atoms with Crippen molar-refractivity contribution in [3.63, 3.8) is 0 Å². The first-order valence-corrected chi connectivity index (χ1v) is 11.7. The number of carboxylic acid groups (broad SMARTS) is 1. The molecular weight excluding hydrogens is 442 g/mol. The summed E-state index contributed by atoms with van der Waals surface area (Å²) in [5, 5.41) is 9.83. The van der Waals surface area contributed by atoms with Gasteiger partial charge in [-0.3, -0.25) is 4.90 Å². The summed E-state index contributed by atoms with van der Waals surface area (Å²) in [7, 11) is 1.47. The van der Waals surface area contributed by atoms with Crippen molar-refractivity contribution in [2.24, 2.45) is 0 Å². The highest BCUT2D eigenvalue weighted by atomic mass is 16.6. The molecular formula is C29H31NO5. The summed E-state index contributed by atoms with van der Waals surface area (Å²) in [6.07, 6.45) is -0.502. The lowest BCUT2D eigenvalue weighted by atomic mass is 9.98. The van der Waals surface area contributed by atoms with Gasteiger partial charge in [0, 0.05) is 19.4 Å². The van der Waals surface area contributed by atoms with Crippen LogP contribution in [0.1, 0.15) is 43.4 Å². The van der Waals surface area contributed by atoms with E-state index in [1.165, 1.54) is 7.05 Å². The Morgan fingerprint density at radius 3 is 1.97 bits per heavy atom. The third-order valence-electron chi connectivity index (χ3n) is 6.15. The summed E-state index contributed by atoms with van der Waals surface area (Å²) in [4.78, 5) is 26.1. The summed E-state index contributed by atoms with van der Waals surface area (Å²) in [6, 6.07) is 22.4. The predicted molar refractivity (Wildman–Crippen MR) is 135 cm³/mol. The van der Waals surface area contributed by atoms with E-state index in [2.05, 4.69) is 12.1 Å². The summed E-state index contributed by atoms with van der Waals surface area (Å²) in [5.41, 5.74) is 4.96. The van der Waals surface area contributed by atoms with Crippen LogP contribution in [0, 0.1) is 0 Å². The molecule has 1 N–H and O–H groups in total. The van der Waals surface area contributed by atoms with Crippen molar-refractivity contribution in [1.82, 2.24) is 4.90 Å². The SMILES string of the molecule is CN(C(=O)OCC1c2ccccc2-c2ccccc21)[C@H](Cc1ccc(OC(C)(C)C)cc1)C(=O)O. The summed E-state index contributed by atoms with van der Waals surface area (Å²) >= 11 is 0. The molecule has 1 aliphatic carbocycles. The molecule has 182 valence electrons. The minimum absolute atomic E-state index is 0.0848. The van der Waals surface area contributed by atoms with E-state index in [9.17, 15) is 14.7 Å². The Morgan fingerprint density at radius 1 is 0.914 bits per heavy atom. The first kappa shape index (κ1) is 24.3. The second-order valence-electron chi connectivity index (χ2n) is 9.83. The molecule has 6 nitrogen and oxygen atoms in total. The largest absolute Gasteiger partial charge is 0.488 e. The lowest BCUT2D eigenvalue weighted by Crippen LogP contribution is -2.44. The molecule has 0 bridgehead atoms. The lowest BCUT2D eigenvalue weighted by Gasteiger charge is -2.25. The number of carboxylic acids is 1. The maximum absolute atomic E-state index is 12.9. The summed E-state index contributed by atoms with van der Waals surface area (Å²) in [6.45, 7) is 6.03. The highest BCUT2D eigenvalue weighted by Gasteiger charge is 2.32. The number of ether oxygens (including phenoxy) is 2. The molecule has 3 aromatic carbocycles. The van der Waals surface area contributed by atoms with Crippen LogP contribution < -0.4 is 4.74 Å². The van der Waals surface area contributed by atoms with Gasteiger partial charge in [0.05, 0.1) is 0 Å². The zero-order valence-corrected chi connectivity index (χ0v) is 20.5. The summed E-state index contributed by atoms with van der Waals surface area (Å²) < 4.78 is 11.5. The highest BCUT2D eigenvalue weighted by molar-refractivity contribution is 5.81. The molecule has 0 saturated heterocycles. The van der Waals surface area contributed by atoms with Crippen molar-refractivity contribution in [2.75, 3.05) is 13.7 Å². The first-order chi connectivity index (χ1) is 16.6. The molecule has 6 heteroatoms. The van der Waals surface area contributed by atoms with Crippen molar-refractivity contribution in [3.05, 3.63) is 89.5 Å². The Kier molecular flexibility index (Phi) is 6.83. The fourth-order valence-electron chi connectivity index (χ4n) is 4.48. The van der Waals surface area contributed by atoms with Crippen molar-refractivity contribution in [2.45, 2.75) is 44.8 Å². The van der Waals surface area contributed by atoms with E-state index in [1.807, 2.05) is 81.4 Å². The molecule has 3 aromatic rings. The van der Waals surface area contributed by atoms with Gasteiger partial charge in [-0.25, -0.2) is 9.59 Å². The molecule has 35 heavy (non-hydrogen) atoms. The van der Waals surface area contributed by atoms with Crippen LogP contribution in [0.15, 0.2) is 72.8 Å². The van der Waals surface area contributed by atoms with E-state index < -0.39 is 18.1 Å². The van der Waals surface area contributed by atoms with E-state index in [4.69, 9.17) is 9.47 Å². The molecule has 0 saturated carbocycles. The van der Waals surface area contributed by atoms with Crippen LogP contribution in [0.25, 0.3) is 11.1 Å². The summed E-state index contributed by atoms with van der Waals surface area (Å²) in [5.74, 6) is -0.465. The minimum atomic E-state index is -1.09. The van der Waals surface area contributed by atoms with Gasteiger partial charge in [0.2, 0.25) is 0 Å². The fraction of sp³-hybridized carbons (Fsp3) is 0.310. The number of benzene rings is 3. The van der Waals surface area contributed by atoms with E-state index >= 15 is 0 Å². The van der Waals surface area contributed by atoms with Gasteiger partial charge >= 0.3 is 12.1 Å². The van der Waals surface area contributed by atoms with E-state index in [1.54, 1.807) is 0 Å². The van der Waals surface area contributed by atoms with Crippen molar-refractivity contribution < 1.29 is 24.2 Å². The number of amides is 1. The Bertz CT molecular complexity index is 1170. The Hall–Kier alpha value is -3.80. The number of likely N-dealkylation sites (N-methyl/N-ethyl adjacent to an activating group) is 1. The number of carbonyl (C=O) groups excluding carboxylic acids is 1. The van der Waals surface area contributed by atoms with Crippen LogP contribution in [-0.4, -0.2) is 47.4 Å². The van der Waals surface area contributed by atoms with Crippen molar-refractivity contribution in [3.8, 4) is 16.9 Å². The molecule has 0 aromatic heterocycles. The molecule has 0 fully saturated rings. The van der Waals surface area contributed by atoms with Gasteiger partial charge in [0.25, 0.3) is 0 Å². The number of nitrogens with zero attached hydrogens (tertiary/aromatic N) is 1. The van der Waals surface area contributed by atoms with Crippen LogP contribution in [0.5, 0.6) is 5.75 Å². The zero-order valence-electron chi connectivity index (χ0n) is 20.5. The number of carbonyl (C=O) groups is 2. The van der Waals surface area contributed by atoms with Crippen LogP contribution in [-0.2, 0) is 16.0 Å². The minimum Gasteiger partial charge on any atom is -0.488 e. The second kappa shape index (κ2) is 9.82. The van der Waals surface area contributed by atoms with Gasteiger partial charge in [0.1, 0.15) is 24.0 Å². The molecule has 0 heterocycles. The molecule has 0 aliphatic heterocycles. The highest BCUT2D eigenvalue weighted by Crippen LogP contribution is 2.44. The topological polar surface area (TPSA) is 76.1 Å². The van der Waals surface area contributed by atoms with Crippen molar-refractivity contribution in [1.29, 1.82) is 0 Å². The third kappa shape index (κ3) is 5.48. The van der Waals surface area contributed by atoms with Gasteiger partial charge < -0.3 is 14.6 Å². The van der Waals surface area contributed by atoms with Crippen LogP contribution >= 0.6 is 0 Å². The number of hydrogen-bond donors (Lipinski definition) is 1. The second-order valence-corrected chi connectivity index (χ2v) is 9.83. The monoisotopic (exact) mass is 473 g/mol. The number of hydrogen-bond acceptors (Lipinski definition) is 4. The molecule has 1 amide bonds. The zero-order chi connectivity index (χ0) is 25.2. The van der Waals surface area contributed by atoms with Gasteiger partial charge in [-0.2, -0.15) is 0 Å². The smallest absolute Gasteiger partial charge is 0.410 e. The molecule has 4 rings (SSSR count). The third-order valence-corrected chi connectivity index (χ3v) is 6.15. The van der Waals surface area contributed by atoms with Gasteiger partial charge in [0.15, 0.2) is 0 Å². The Balaban J connectivity index is 1.43. The number of aliphatic carboxylic acids is 1. The maximum Gasteiger partial charge on any atom is 0.410 e. The quantitative estimate of drug-likeness (QED) is 0.474. The van der Waals surface area contributed by atoms with E-state index in [0.717, 1.165) is 32.7 Å². The van der Waals surface area contributed by atoms with E-state index in [-0.39, 0.29) is 24.5 Å². The molecule has 0 spiro atoms. The fourth-order valence-corrected chi connectivity index (χ4v) is 4.48. The average molecular weight is 474 g/mol. The average Bonchev–Trinajstić information content (AvgIpc) is 3.14. The first-order valence-electron chi connectivity index (χ1n) is 11.7. The standard InChI is InChI=1S/C29H31NO5/c1-29(2,3)35-20-15-13-19(14-16-20)17-26(27(31)32)30(4)28(33)34-18-25-23-11-7-5-9-21(23)22-10-6-8-12-24(22)25/h5-16,25-26H,17-18H2,1-4H3,(H,31,32)/t26-/m1/s1. The van der Waals surface area contributed by atoms with Gasteiger partial charge in [-0.1, -0.05) is 60.7 Å². The normalized spacial score (nSPS) is 13.5. The molecule has 1 atom stereocenters. The van der Waals surface area contributed by atoms with Crippen molar-refractivity contribution >= 4 is 12.1 Å². The van der Waals surface area contributed by atoms with Crippen LogP contribution in [0.3, 0.4) is 0 Å². The Morgan fingerprint density at radius 2 is 1.46 bits per heavy atom. The van der Waals surface area contributed by atoms with Gasteiger partial charge in [-0.15, -0.1) is 0 Å². The van der Waals surface area contributed by atoms with E-state index in [0.29, 0.717) is 5.75 Å². The molecule has 0 unspecified atom stereocenters. The Labute approximate surface area is 206 Å². The van der Waals surface area contributed by atoms with Crippen LogP contribution in [0.4, 0.5) is 4.79 Å². The number of fused-ring (bicyclic) bond motifs is 3. The van der Waals surface area contributed by atoms with Gasteiger partial charge in [-0.05, 0) is 60.7 Å². The lowest BCUT2D eigenvalue weighted by molar-refractivity contribution is -0.142. The molecule has 1 aliphatic rings.